The normalized spacial score (nSPS) is 26.6. The molecule has 0 aromatic heterocycles. The molecule has 17 heavy (non-hydrogen) atoms. The van der Waals surface area contributed by atoms with Crippen molar-refractivity contribution in [3.8, 4) is 0 Å². The van der Waals surface area contributed by atoms with Crippen molar-refractivity contribution in [2.75, 3.05) is 6.54 Å². The summed E-state index contributed by atoms with van der Waals surface area (Å²) in [4.78, 5) is 13.9. The molecule has 2 fully saturated rings. The summed E-state index contributed by atoms with van der Waals surface area (Å²) in [7, 11) is 11.7. The van der Waals surface area contributed by atoms with Gasteiger partial charge >= 0.3 is 0 Å². The van der Waals surface area contributed by atoms with E-state index < -0.39 is 0 Å². The molecule has 3 rings (SSSR count). The van der Waals surface area contributed by atoms with Crippen LogP contribution in [0.5, 0.6) is 0 Å². The van der Waals surface area contributed by atoms with Crippen molar-refractivity contribution in [2.45, 2.75) is 25.3 Å². The van der Waals surface area contributed by atoms with E-state index in [1.165, 1.54) is 0 Å². The Balaban J connectivity index is 1.79. The van der Waals surface area contributed by atoms with Crippen LogP contribution in [-0.2, 0) is 11.2 Å². The Hall–Kier alpha value is -1.02. The van der Waals surface area contributed by atoms with Crippen molar-refractivity contribution >= 4 is 27.1 Å². The van der Waals surface area contributed by atoms with Gasteiger partial charge in [-0.05, 0) is 31.4 Å². The molecule has 4 radical (unpaired) electrons. The smallest absolute Gasteiger partial charge is 0.183 e. The minimum absolute atomic E-state index is 0.0975. The molecule has 2 nitrogen and oxygen atoms in total. The SMILES string of the molecule is [B]c1cccc(CC2C(=O)C3(CC3)CN2[B])c1. The number of nitrogens with zero attached hydrogens (tertiary/aromatic N) is 1. The highest BCUT2D eigenvalue weighted by Crippen LogP contribution is 2.52. The summed E-state index contributed by atoms with van der Waals surface area (Å²) in [6.07, 6.45) is 2.68. The van der Waals surface area contributed by atoms with E-state index in [2.05, 4.69) is 0 Å². The maximum atomic E-state index is 12.2. The van der Waals surface area contributed by atoms with E-state index >= 15 is 0 Å². The minimum Gasteiger partial charge on any atom is -0.344 e. The van der Waals surface area contributed by atoms with Gasteiger partial charge in [-0.15, -0.1) is 0 Å². The molecule has 2 aliphatic rings. The summed E-state index contributed by atoms with van der Waals surface area (Å²) >= 11 is 0. The number of benzene rings is 1. The number of rotatable bonds is 2. The van der Waals surface area contributed by atoms with Crippen LogP contribution in [0.4, 0.5) is 0 Å². The van der Waals surface area contributed by atoms with Crippen LogP contribution >= 0.6 is 0 Å². The van der Waals surface area contributed by atoms with E-state index in [0.29, 0.717) is 12.2 Å². The monoisotopic (exact) mass is 221 g/mol. The zero-order valence-electron chi connectivity index (χ0n) is 9.73. The summed E-state index contributed by atoms with van der Waals surface area (Å²) < 4.78 is 0. The van der Waals surface area contributed by atoms with Gasteiger partial charge in [0.2, 0.25) is 0 Å². The Kier molecular flexibility index (Phi) is 2.44. The number of carbonyl (C=O) groups is 1. The van der Waals surface area contributed by atoms with Crippen LogP contribution in [0, 0.1) is 5.41 Å². The fraction of sp³-hybridized carbons (Fsp3) is 0.462. The van der Waals surface area contributed by atoms with Crippen LogP contribution in [0.3, 0.4) is 0 Å². The molecule has 0 N–H and O–H groups in total. The molecule has 0 bridgehead atoms. The second kappa shape index (κ2) is 3.74. The summed E-state index contributed by atoms with van der Waals surface area (Å²) in [5, 5.41) is 0. The largest absolute Gasteiger partial charge is 0.344 e. The maximum absolute atomic E-state index is 12.2. The van der Waals surface area contributed by atoms with Gasteiger partial charge in [-0.1, -0.05) is 29.7 Å². The van der Waals surface area contributed by atoms with Crippen LogP contribution in [-0.4, -0.2) is 39.0 Å². The van der Waals surface area contributed by atoms with E-state index in [-0.39, 0.29) is 11.5 Å². The Labute approximate surface area is 104 Å². The fourth-order valence-corrected chi connectivity index (χ4v) is 2.75. The van der Waals surface area contributed by atoms with Crippen molar-refractivity contribution in [2.24, 2.45) is 5.41 Å². The lowest BCUT2D eigenvalue weighted by Gasteiger charge is -2.18. The third kappa shape index (κ3) is 1.85. The van der Waals surface area contributed by atoms with Gasteiger partial charge in [0.1, 0.15) is 7.85 Å². The van der Waals surface area contributed by atoms with E-state index in [0.717, 1.165) is 30.4 Å². The number of hydrogen-bond donors (Lipinski definition) is 0. The van der Waals surface area contributed by atoms with Gasteiger partial charge in [-0.3, -0.25) is 4.79 Å². The first kappa shape index (κ1) is 11.1. The van der Waals surface area contributed by atoms with Crippen molar-refractivity contribution in [3.63, 3.8) is 0 Å². The molecular formula is C13H13B2NO. The van der Waals surface area contributed by atoms with Crippen molar-refractivity contribution in [1.29, 1.82) is 0 Å². The average molecular weight is 221 g/mol. The molecule has 4 heteroatoms. The van der Waals surface area contributed by atoms with Gasteiger partial charge in [-0.2, -0.15) is 0 Å². The highest BCUT2D eigenvalue weighted by Gasteiger charge is 2.57. The first-order valence-electron chi connectivity index (χ1n) is 6.01. The average Bonchev–Trinajstić information content (AvgIpc) is 3.01. The zero-order valence-corrected chi connectivity index (χ0v) is 9.73. The van der Waals surface area contributed by atoms with Gasteiger partial charge < -0.3 is 4.81 Å². The third-order valence-electron chi connectivity index (χ3n) is 3.94. The molecule has 1 saturated heterocycles. The summed E-state index contributed by atoms with van der Waals surface area (Å²) in [5.74, 6) is 0.322. The molecule has 0 amide bonds. The Bertz CT molecular complexity index is 470. The summed E-state index contributed by atoms with van der Waals surface area (Å²) in [5.41, 5.74) is 1.72. The fourth-order valence-electron chi connectivity index (χ4n) is 2.75. The van der Waals surface area contributed by atoms with E-state index in [1.807, 2.05) is 24.3 Å². The van der Waals surface area contributed by atoms with E-state index in [9.17, 15) is 4.79 Å². The third-order valence-corrected chi connectivity index (χ3v) is 3.94. The predicted octanol–water partition coefficient (Wildman–Crippen LogP) is 0.140. The number of ketones is 1. The van der Waals surface area contributed by atoms with E-state index in [1.54, 1.807) is 4.81 Å². The highest BCUT2D eigenvalue weighted by atomic mass is 16.1. The molecule has 1 spiro atoms. The highest BCUT2D eigenvalue weighted by molar-refractivity contribution is 6.32. The van der Waals surface area contributed by atoms with Crippen LogP contribution in [0.25, 0.3) is 0 Å². The second-order valence-corrected chi connectivity index (χ2v) is 5.28. The first-order valence-corrected chi connectivity index (χ1v) is 6.01. The Morgan fingerprint density at radius 2 is 2.18 bits per heavy atom. The molecule has 1 aliphatic carbocycles. The van der Waals surface area contributed by atoms with Crippen molar-refractivity contribution in [3.05, 3.63) is 29.8 Å². The second-order valence-electron chi connectivity index (χ2n) is 5.28. The zero-order chi connectivity index (χ0) is 12.0. The topological polar surface area (TPSA) is 20.3 Å². The maximum Gasteiger partial charge on any atom is 0.183 e. The van der Waals surface area contributed by atoms with Crippen LogP contribution < -0.4 is 5.46 Å². The number of hydrogen-bond acceptors (Lipinski definition) is 2. The molecule has 1 heterocycles. The first-order chi connectivity index (χ1) is 8.11. The lowest BCUT2D eigenvalue weighted by Crippen LogP contribution is -2.33. The Morgan fingerprint density at radius 3 is 2.76 bits per heavy atom. The minimum atomic E-state index is -0.167. The van der Waals surface area contributed by atoms with Gasteiger partial charge in [0, 0.05) is 5.41 Å². The quantitative estimate of drug-likeness (QED) is 0.662. The van der Waals surface area contributed by atoms with E-state index in [4.69, 9.17) is 15.8 Å². The lowest BCUT2D eigenvalue weighted by molar-refractivity contribution is -0.123. The molecule has 1 aliphatic heterocycles. The predicted molar refractivity (Wildman–Crippen MR) is 68.5 cm³/mol. The summed E-state index contributed by atoms with van der Waals surface area (Å²) in [6, 6.07) is 7.51. The molecular weight excluding hydrogens is 208 g/mol. The number of Topliss-reactive ketones (excluding diaryl/α,β-unsaturated/α-hetero) is 1. The van der Waals surface area contributed by atoms with Gasteiger partial charge in [0.25, 0.3) is 0 Å². The van der Waals surface area contributed by atoms with Gasteiger partial charge in [0.15, 0.2) is 13.8 Å². The van der Waals surface area contributed by atoms with Crippen molar-refractivity contribution in [1.82, 2.24) is 4.81 Å². The van der Waals surface area contributed by atoms with Gasteiger partial charge in [-0.25, -0.2) is 0 Å². The molecule has 1 aromatic carbocycles. The molecule has 1 aromatic rings. The molecule has 1 saturated carbocycles. The number of carbonyl (C=O) groups excluding carboxylic acids is 1. The lowest BCUT2D eigenvalue weighted by atomic mass is 9.91. The van der Waals surface area contributed by atoms with Crippen molar-refractivity contribution < 1.29 is 4.79 Å². The summed E-state index contributed by atoms with van der Waals surface area (Å²) in [6.45, 7) is 0.721. The molecule has 1 unspecified atom stereocenters. The Morgan fingerprint density at radius 1 is 1.41 bits per heavy atom. The van der Waals surface area contributed by atoms with Crippen LogP contribution in [0.1, 0.15) is 18.4 Å². The van der Waals surface area contributed by atoms with Crippen LogP contribution in [0.15, 0.2) is 24.3 Å². The molecule has 82 valence electrons. The molecule has 1 atom stereocenters. The standard InChI is InChI=1S/C13H13B2NO/c14-10-3-1-2-9(6-10)7-11-12(17)13(4-5-13)8-16(11)15/h1-3,6,11H,4-5,7-8H2. The van der Waals surface area contributed by atoms with Gasteiger partial charge in [0.05, 0.1) is 6.04 Å². The van der Waals surface area contributed by atoms with Crippen LogP contribution in [0.2, 0.25) is 0 Å².